The normalized spacial score (nSPS) is 11.4. The van der Waals surface area contributed by atoms with E-state index in [1.807, 2.05) is 27.7 Å². The van der Waals surface area contributed by atoms with Gasteiger partial charge in [0.25, 0.3) is 0 Å². The van der Waals surface area contributed by atoms with Crippen molar-refractivity contribution in [3.63, 3.8) is 0 Å². The van der Waals surface area contributed by atoms with Crippen LogP contribution in [0.25, 0.3) is 0 Å². The summed E-state index contributed by atoms with van der Waals surface area (Å²) in [6.45, 7) is 9.77. The minimum Gasteiger partial charge on any atom is -0.444 e. The largest absolute Gasteiger partial charge is 0.444 e. The average molecular weight is 345 g/mol. The van der Waals surface area contributed by atoms with Gasteiger partial charge in [0.2, 0.25) is 0 Å². The Labute approximate surface area is 142 Å². The molecule has 1 aromatic rings. The van der Waals surface area contributed by atoms with E-state index >= 15 is 0 Å². The van der Waals surface area contributed by atoms with Crippen molar-refractivity contribution in [2.75, 3.05) is 19.6 Å². The van der Waals surface area contributed by atoms with Crippen LogP contribution in [-0.4, -0.2) is 36.2 Å². The van der Waals surface area contributed by atoms with Crippen molar-refractivity contribution in [1.82, 2.24) is 10.2 Å². The summed E-state index contributed by atoms with van der Waals surface area (Å²) in [6, 6.07) is 4.65. The Morgan fingerprint density at radius 3 is 2.65 bits per heavy atom. The second-order valence-corrected chi connectivity index (χ2v) is 6.76. The van der Waals surface area contributed by atoms with Gasteiger partial charge in [-0.15, -0.1) is 0 Å². The number of carbonyl (C=O) groups excluding carboxylic acids is 1. The van der Waals surface area contributed by atoms with E-state index in [0.717, 1.165) is 6.42 Å². The predicted octanol–water partition coefficient (Wildman–Crippen LogP) is 4.22. The van der Waals surface area contributed by atoms with Crippen molar-refractivity contribution in [2.45, 2.75) is 46.3 Å². The summed E-state index contributed by atoms with van der Waals surface area (Å²) in [4.78, 5) is 13.6. The van der Waals surface area contributed by atoms with Crippen LogP contribution in [0.3, 0.4) is 0 Å². The van der Waals surface area contributed by atoms with E-state index in [0.29, 0.717) is 36.8 Å². The molecule has 4 nitrogen and oxygen atoms in total. The first-order valence-electron chi connectivity index (χ1n) is 7.85. The Bertz CT molecular complexity index is 518. The van der Waals surface area contributed by atoms with E-state index in [-0.39, 0.29) is 11.9 Å². The number of benzene rings is 1. The number of ether oxygens (including phenoxy) is 1. The van der Waals surface area contributed by atoms with Crippen LogP contribution in [0.2, 0.25) is 5.02 Å². The van der Waals surface area contributed by atoms with Gasteiger partial charge in [-0.05, 0) is 52.8 Å². The third kappa shape index (κ3) is 7.66. The number of carbonyl (C=O) groups is 1. The number of amides is 1. The molecule has 0 saturated carbocycles. The number of halogens is 2. The third-order valence-electron chi connectivity index (χ3n) is 3.15. The highest BCUT2D eigenvalue weighted by Gasteiger charge is 2.20. The molecule has 0 aromatic heterocycles. The molecule has 0 aliphatic heterocycles. The van der Waals surface area contributed by atoms with Gasteiger partial charge in [-0.2, -0.15) is 0 Å². The molecule has 0 saturated heterocycles. The second kappa shape index (κ2) is 9.08. The van der Waals surface area contributed by atoms with Crippen molar-refractivity contribution in [3.8, 4) is 0 Å². The van der Waals surface area contributed by atoms with Crippen LogP contribution < -0.4 is 5.32 Å². The molecule has 0 unspecified atom stereocenters. The maximum absolute atomic E-state index is 13.6. The van der Waals surface area contributed by atoms with Crippen molar-refractivity contribution in [3.05, 3.63) is 34.6 Å². The Kier molecular flexibility index (Phi) is 7.79. The standard InChI is InChI=1S/C17H26ClFN2O2/c1-5-21(16(22)23-17(2,3)4)10-6-9-20-12-13-7-8-14(18)11-15(13)19/h7-8,11,20H,5-6,9-10,12H2,1-4H3. The lowest BCUT2D eigenvalue weighted by Crippen LogP contribution is -2.38. The predicted molar refractivity (Wildman–Crippen MR) is 91.2 cm³/mol. The molecule has 23 heavy (non-hydrogen) atoms. The molecule has 0 atom stereocenters. The van der Waals surface area contributed by atoms with E-state index in [1.165, 1.54) is 6.07 Å². The summed E-state index contributed by atoms with van der Waals surface area (Å²) in [5.74, 6) is -0.311. The van der Waals surface area contributed by atoms with E-state index in [2.05, 4.69) is 5.32 Å². The van der Waals surface area contributed by atoms with Crippen LogP contribution in [0.15, 0.2) is 18.2 Å². The molecule has 1 N–H and O–H groups in total. The highest BCUT2D eigenvalue weighted by atomic mass is 35.5. The fraction of sp³-hybridized carbons (Fsp3) is 0.588. The van der Waals surface area contributed by atoms with Gasteiger partial charge in [0.15, 0.2) is 0 Å². The van der Waals surface area contributed by atoms with Crippen LogP contribution in [0.1, 0.15) is 39.7 Å². The van der Waals surface area contributed by atoms with E-state index in [9.17, 15) is 9.18 Å². The molecule has 0 radical (unpaired) electrons. The first-order chi connectivity index (χ1) is 10.7. The van der Waals surface area contributed by atoms with Crippen molar-refractivity contribution < 1.29 is 13.9 Å². The summed E-state index contributed by atoms with van der Waals surface area (Å²) in [5.41, 5.74) is 0.0865. The Balaban J connectivity index is 2.31. The zero-order valence-corrected chi connectivity index (χ0v) is 15.0. The van der Waals surface area contributed by atoms with Gasteiger partial charge < -0.3 is 15.0 Å². The number of hydrogen-bond acceptors (Lipinski definition) is 3. The fourth-order valence-corrected chi connectivity index (χ4v) is 2.15. The molecule has 1 aromatic carbocycles. The van der Waals surface area contributed by atoms with Gasteiger partial charge in [-0.3, -0.25) is 0 Å². The molecule has 0 heterocycles. The van der Waals surface area contributed by atoms with E-state index in [4.69, 9.17) is 16.3 Å². The van der Waals surface area contributed by atoms with Crippen LogP contribution in [-0.2, 0) is 11.3 Å². The zero-order valence-electron chi connectivity index (χ0n) is 14.3. The van der Waals surface area contributed by atoms with Crippen molar-refractivity contribution in [2.24, 2.45) is 0 Å². The lowest BCUT2D eigenvalue weighted by Gasteiger charge is -2.26. The van der Waals surface area contributed by atoms with Crippen LogP contribution in [0.4, 0.5) is 9.18 Å². The smallest absolute Gasteiger partial charge is 0.410 e. The highest BCUT2D eigenvalue weighted by molar-refractivity contribution is 6.30. The van der Waals surface area contributed by atoms with Gasteiger partial charge in [0.05, 0.1) is 0 Å². The third-order valence-corrected chi connectivity index (χ3v) is 3.38. The Morgan fingerprint density at radius 2 is 2.09 bits per heavy atom. The zero-order chi connectivity index (χ0) is 17.5. The van der Waals surface area contributed by atoms with Gasteiger partial charge in [-0.1, -0.05) is 17.7 Å². The maximum Gasteiger partial charge on any atom is 0.410 e. The minimum absolute atomic E-state index is 0.302. The highest BCUT2D eigenvalue weighted by Crippen LogP contribution is 2.14. The SMILES string of the molecule is CCN(CCCNCc1ccc(Cl)cc1F)C(=O)OC(C)(C)C. The van der Waals surface area contributed by atoms with Gasteiger partial charge in [0.1, 0.15) is 11.4 Å². The van der Waals surface area contributed by atoms with E-state index in [1.54, 1.807) is 17.0 Å². The quantitative estimate of drug-likeness (QED) is 0.753. The van der Waals surface area contributed by atoms with Crippen LogP contribution in [0, 0.1) is 5.82 Å². The van der Waals surface area contributed by atoms with Gasteiger partial charge in [0, 0.05) is 30.2 Å². The lowest BCUT2D eigenvalue weighted by molar-refractivity contribution is 0.0258. The molecule has 1 rings (SSSR count). The van der Waals surface area contributed by atoms with Crippen molar-refractivity contribution in [1.29, 1.82) is 0 Å². The minimum atomic E-state index is -0.491. The summed E-state index contributed by atoms with van der Waals surface area (Å²) in [7, 11) is 0. The lowest BCUT2D eigenvalue weighted by atomic mass is 10.2. The maximum atomic E-state index is 13.6. The molecule has 0 aliphatic carbocycles. The van der Waals surface area contributed by atoms with Crippen molar-refractivity contribution >= 4 is 17.7 Å². The fourth-order valence-electron chi connectivity index (χ4n) is 1.99. The molecule has 1 amide bonds. The number of rotatable bonds is 7. The van der Waals surface area contributed by atoms with Gasteiger partial charge in [-0.25, -0.2) is 9.18 Å². The van der Waals surface area contributed by atoms with Gasteiger partial charge >= 0.3 is 6.09 Å². The first kappa shape index (κ1) is 19.7. The Morgan fingerprint density at radius 1 is 1.39 bits per heavy atom. The topological polar surface area (TPSA) is 41.6 Å². The average Bonchev–Trinajstić information content (AvgIpc) is 2.42. The molecule has 0 spiro atoms. The molecular formula is C17H26ClFN2O2. The van der Waals surface area contributed by atoms with Crippen LogP contribution in [0.5, 0.6) is 0 Å². The summed E-state index contributed by atoms with van der Waals surface area (Å²) >= 11 is 5.72. The van der Waals surface area contributed by atoms with Crippen LogP contribution >= 0.6 is 11.6 Å². The number of hydrogen-bond donors (Lipinski definition) is 1. The molecular weight excluding hydrogens is 319 g/mol. The molecule has 0 bridgehead atoms. The number of nitrogens with zero attached hydrogens (tertiary/aromatic N) is 1. The Hall–Kier alpha value is -1.33. The summed E-state index contributed by atoms with van der Waals surface area (Å²) < 4.78 is 19.0. The molecule has 0 fully saturated rings. The monoisotopic (exact) mass is 344 g/mol. The first-order valence-corrected chi connectivity index (χ1v) is 8.23. The second-order valence-electron chi connectivity index (χ2n) is 6.33. The molecule has 0 aliphatic rings. The molecule has 130 valence electrons. The summed E-state index contributed by atoms with van der Waals surface area (Å²) in [5, 5.41) is 3.56. The van der Waals surface area contributed by atoms with E-state index < -0.39 is 5.60 Å². The molecule has 6 heteroatoms. The number of nitrogens with one attached hydrogen (secondary N) is 1. The summed E-state index contributed by atoms with van der Waals surface area (Å²) in [6.07, 6.45) is 0.464.